The normalized spacial score (nSPS) is 31.4. The van der Waals surface area contributed by atoms with E-state index in [-0.39, 0.29) is 18.2 Å². The minimum absolute atomic E-state index is 0.000427. The Morgan fingerprint density at radius 2 is 1.69 bits per heavy atom. The standard InChI is InChI=1S/C44H74O4/c1-6-7-8-9-10-12-15-21-36(48-46)22-16-13-11-14-17-23-43(45)47-37-30-31-44(5)35(32-37)24-25-41-40-27-26-38(39(40)28-29-42(41)44)34(4)20-18-19-33(2)3/h10,12,15,21,24,33-34,36-42,46H,6-9,11,13-14,16-20,22-23,25-32H2,1-5H3. The van der Waals surface area contributed by atoms with E-state index in [2.05, 4.69) is 57.7 Å². The molecule has 3 saturated carbocycles. The lowest BCUT2D eigenvalue weighted by Gasteiger charge is -2.55. The van der Waals surface area contributed by atoms with E-state index in [0.717, 1.165) is 99.2 Å². The summed E-state index contributed by atoms with van der Waals surface area (Å²) in [6, 6.07) is 0. The van der Waals surface area contributed by atoms with Gasteiger partial charge < -0.3 is 4.74 Å². The fraction of sp³-hybridized carbons (Fsp3) is 0.841. The van der Waals surface area contributed by atoms with Gasteiger partial charge in [0, 0.05) is 12.8 Å². The molecule has 0 radical (unpaired) electrons. The molecule has 1 N–H and O–H groups in total. The van der Waals surface area contributed by atoms with Crippen molar-refractivity contribution in [2.24, 2.45) is 46.8 Å². The molecule has 4 aliphatic carbocycles. The third-order valence-corrected chi connectivity index (χ3v) is 13.5. The molecule has 0 saturated heterocycles. The van der Waals surface area contributed by atoms with Crippen LogP contribution in [0.5, 0.6) is 0 Å². The van der Waals surface area contributed by atoms with Crippen molar-refractivity contribution >= 4 is 5.97 Å². The molecule has 274 valence electrons. The van der Waals surface area contributed by atoms with Gasteiger partial charge in [-0.1, -0.05) is 128 Å². The maximum absolute atomic E-state index is 12.8. The second-order valence-corrected chi connectivity index (χ2v) is 17.2. The summed E-state index contributed by atoms with van der Waals surface area (Å²) in [6.45, 7) is 12.1. The van der Waals surface area contributed by atoms with Crippen molar-refractivity contribution in [2.75, 3.05) is 0 Å². The molecule has 9 unspecified atom stereocenters. The van der Waals surface area contributed by atoms with Gasteiger partial charge in [0.1, 0.15) is 12.2 Å². The molecule has 0 heterocycles. The molecular formula is C44H74O4. The molecule has 4 rings (SSSR count). The van der Waals surface area contributed by atoms with Crippen molar-refractivity contribution in [1.82, 2.24) is 0 Å². The molecule has 3 fully saturated rings. The maximum Gasteiger partial charge on any atom is 0.306 e. The van der Waals surface area contributed by atoms with Gasteiger partial charge in [0.15, 0.2) is 0 Å². The number of hydrogen-bond donors (Lipinski definition) is 1. The highest BCUT2D eigenvalue weighted by atomic mass is 17.1. The first-order chi connectivity index (χ1) is 23.3. The van der Waals surface area contributed by atoms with Crippen LogP contribution in [0.2, 0.25) is 0 Å². The Hall–Kier alpha value is -1.39. The Morgan fingerprint density at radius 1 is 0.896 bits per heavy atom. The number of ether oxygens (including phenoxy) is 1. The third kappa shape index (κ3) is 11.3. The lowest BCUT2D eigenvalue weighted by molar-refractivity contribution is -0.267. The van der Waals surface area contributed by atoms with Gasteiger partial charge in [0.2, 0.25) is 0 Å². The minimum Gasteiger partial charge on any atom is -0.462 e. The molecule has 4 aliphatic rings. The summed E-state index contributed by atoms with van der Waals surface area (Å²) in [5, 5.41) is 9.23. The number of unbranched alkanes of at least 4 members (excludes halogenated alkanes) is 7. The molecule has 0 aromatic rings. The van der Waals surface area contributed by atoms with Crippen molar-refractivity contribution < 1.29 is 19.7 Å². The zero-order valence-electron chi connectivity index (χ0n) is 31.8. The van der Waals surface area contributed by atoms with Crippen LogP contribution in [0.3, 0.4) is 0 Å². The van der Waals surface area contributed by atoms with E-state index in [4.69, 9.17) is 4.74 Å². The monoisotopic (exact) mass is 667 g/mol. The Bertz CT molecular complexity index is 1030. The van der Waals surface area contributed by atoms with Crippen LogP contribution in [0.4, 0.5) is 0 Å². The van der Waals surface area contributed by atoms with Crippen LogP contribution in [-0.4, -0.2) is 23.4 Å². The van der Waals surface area contributed by atoms with E-state index in [1.54, 1.807) is 5.57 Å². The summed E-state index contributed by atoms with van der Waals surface area (Å²) >= 11 is 0. The van der Waals surface area contributed by atoms with E-state index in [1.165, 1.54) is 77.0 Å². The highest BCUT2D eigenvalue weighted by Gasteiger charge is 2.54. The molecule has 4 nitrogen and oxygen atoms in total. The van der Waals surface area contributed by atoms with Crippen molar-refractivity contribution in [3.05, 3.63) is 36.0 Å². The molecule has 0 aromatic heterocycles. The summed E-state index contributed by atoms with van der Waals surface area (Å²) in [6.07, 6.45) is 36.5. The zero-order chi connectivity index (χ0) is 34.4. The molecule has 9 atom stereocenters. The smallest absolute Gasteiger partial charge is 0.306 e. The first-order valence-electron chi connectivity index (χ1n) is 20.8. The zero-order valence-corrected chi connectivity index (χ0v) is 31.8. The summed E-state index contributed by atoms with van der Waals surface area (Å²) in [5.41, 5.74) is 1.93. The average Bonchev–Trinajstić information content (AvgIpc) is 3.51. The predicted octanol–water partition coefficient (Wildman–Crippen LogP) is 12.8. The summed E-state index contributed by atoms with van der Waals surface area (Å²) in [7, 11) is 0. The summed E-state index contributed by atoms with van der Waals surface area (Å²) < 4.78 is 6.09. The van der Waals surface area contributed by atoms with Crippen LogP contribution in [0, 0.1) is 46.8 Å². The predicted molar refractivity (Wildman–Crippen MR) is 201 cm³/mol. The van der Waals surface area contributed by atoms with Crippen molar-refractivity contribution in [3.8, 4) is 0 Å². The van der Waals surface area contributed by atoms with Gasteiger partial charge in [-0.15, -0.1) is 0 Å². The largest absolute Gasteiger partial charge is 0.462 e. The van der Waals surface area contributed by atoms with Gasteiger partial charge in [0.05, 0.1) is 0 Å². The van der Waals surface area contributed by atoms with Gasteiger partial charge in [0.25, 0.3) is 0 Å². The third-order valence-electron chi connectivity index (χ3n) is 13.5. The number of carbonyl (C=O) groups is 1. The van der Waals surface area contributed by atoms with Crippen molar-refractivity contribution in [2.45, 2.75) is 188 Å². The molecule has 0 bridgehead atoms. The van der Waals surface area contributed by atoms with Crippen LogP contribution in [0.15, 0.2) is 36.0 Å². The maximum atomic E-state index is 12.8. The van der Waals surface area contributed by atoms with E-state index in [0.29, 0.717) is 11.8 Å². The molecule has 0 aromatic carbocycles. The summed E-state index contributed by atoms with van der Waals surface area (Å²) in [4.78, 5) is 17.5. The molecule has 0 aliphatic heterocycles. The minimum atomic E-state index is -0.244. The first kappa shape index (κ1) is 39.4. The highest BCUT2D eigenvalue weighted by Crippen LogP contribution is 2.63. The van der Waals surface area contributed by atoms with Crippen LogP contribution in [0.1, 0.15) is 176 Å². The molecular weight excluding hydrogens is 592 g/mol. The van der Waals surface area contributed by atoms with Crippen molar-refractivity contribution in [1.29, 1.82) is 0 Å². The topological polar surface area (TPSA) is 55.8 Å². The average molecular weight is 667 g/mol. The van der Waals surface area contributed by atoms with Crippen LogP contribution in [-0.2, 0) is 14.4 Å². The second-order valence-electron chi connectivity index (χ2n) is 17.2. The van der Waals surface area contributed by atoms with Gasteiger partial charge >= 0.3 is 5.97 Å². The van der Waals surface area contributed by atoms with Gasteiger partial charge in [-0.3, -0.25) is 10.1 Å². The highest BCUT2D eigenvalue weighted by molar-refractivity contribution is 5.69. The first-order valence-corrected chi connectivity index (χ1v) is 20.8. The SMILES string of the molecule is CCCCCC=CC=CC(CCCCCCCC(=O)OC1CCC2(C)C(=CCC3C4CCC(C(C)CCCC(C)C)C4CCC32)C1)OO. The quantitative estimate of drug-likeness (QED) is 0.0331. The number of hydrogen-bond acceptors (Lipinski definition) is 4. The van der Waals surface area contributed by atoms with E-state index in [1.807, 2.05) is 12.2 Å². The summed E-state index contributed by atoms with van der Waals surface area (Å²) in [5.74, 6) is 6.32. The molecule has 0 spiro atoms. The fourth-order valence-corrected chi connectivity index (χ4v) is 10.6. The molecule has 0 amide bonds. The lowest BCUT2D eigenvalue weighted by Crippen LogP contribution is -2.48. The molecule has 48 heavy (non-hydrogen) atoms. The number of fused-ring (bicyclic) bond motifs is 5. The Morgan fingerprint density at radius 3 is 2.48 bits per heavy atom. The van der Waals surface area contributed by atoms with Crippen LogP contribution in [0.25, 0.3) is 0 Å². The Kier molecular flexibility index (Phi) is 16.8. The Balaban J connectivity index is 1.12. The van der Waals surface area contributed by atoms with Gasteiger partial charge in [-0.05, 0) is 117 Å². The van der Waals surface area contributed by atoms with E-state index in [9.17, 15) is 10.1 Å². The van der Waals surface area contributed by atoms with E-state index >= 15 is 0 Å². The number of allylic oxidation sites excluding steroid dienone is 4. The van der Waals surface area contributed by atoms with E-state index < -0.39 is 0 Å². The Labute approximate surface area is 295 Å². The van der Waals surface area contributed by atoms with Gasteiger partial charge in [-0.25, -0.2) is 4.89 Å². The van der Waals surface area contributed by atoms with Crippen LogP contribution >= 0.6 is 0 Å². The lowest BCUT2D eigenvalue weighted by atomic mass is 9.50. The number of rotatable bonds is 21. The molecule has 4 heteroatoms. The fourth-order valence-electron chi connectivity index (χ4n) is 10.6. The van der Waals surface area contributed by atoms with Crippen molar-refractivity contribution in [3.63, 3.8) is 0 Å². The van der Waals surface area contributed by atoms with Crippen LogP contribution < -0.4 is 0 Å². The number of esters is 1. The van der Waals surface area contributed by atoms with Gasteiger partial charge in [-0.2, -0.15) is 0 Å². The number of carbonyl (C=O) groups excluding carboxylic acids is 1. The second kappa shape index (κ2) is 20.5.